The Balaban J connectivity index is 1.70. The van der Waals surface area contributed by atoms with Gasteiger partial charge in [0.25, 0.3) is 11.5 Å². The first kappa shape index (κ1) is 21.0. The molecule has 30 heavy (non-hydrogen) atoms. The second-order valence-electron chi connectivity index (χ2n) is 6.48. The van der Waals surface area contributed by atoms with Crippen LogP contribution in [0.15, 0.2) is 65.5 Å². The second-order valence-corrected chi connectivity index (χ2v) is 6.48. The van der Waals surface area contributed by atoms with Gasteiger partial charge in [-0.05, 0) is 48.4 Å². The lowest BCUT2D eigenvalue weighted by atomic mass is 10.2. The summed E-state index contributed by atoms with van der Waals surface area (Å²) in [5.74, 6) is 0.0965. The van der Waals surface area contributed by atoms with Crippen LogP contribution in [0.4, 0.5) is 4.39 Å². The summed E-state index contributed by atoms with van der Waals surface area (Å²) >= 11 is 0. The van der Waals surface area contributed by atoms with E-state index in [-0.39, 0.29) is 11.8 Å². The van der Waals surface area contributed by atoms with Crippen LogP contribution in [0.3, 0.4) is 0 Å². The van der Waals surface area contributed by atoms with Gasteiger partial charge in [0.2, 0.25) is 5.88 Å². The standard InChI is InChI=1S/C22H22FN3O4/c1-3-19(22(28)24-14-15-5-4-6-18(13-15)29-2)30-20-11-12-21(27)26(25-20)17-9-7-16(23)8-10-17/h4-13,19H,3,14H2,1-2H3,(H,24,28)/t19-/m0/s1. The van der Waals surface area contributed by atoms with Gasteiger partial charge in [-0.1, -0.05) is 19.1 Å². The second kappa shape index (κ2) is 9.69. The van der Waals surface area contributed by atoms with Crippen molar-refractivity contribution in [2.24, 2.45) is 0 Å². The predicted molar refractivity (Wildman–Crippen MR) is 109 cm³/mol. The highest BCUT2D eigenvalue weighted by Gasteiger charge is 2.19. The van der Waals surface area contributed by atoms with Crippen LogP contribution in [0.2, 0.25) is 0 Å². The number of nitrogens with one attached hydrogen (secondary N) is 1. The van der Waals surface area contributed by atoms with Gasteiger partial charge in [0.15, 0.2) is 6.10 Å². The van der Waals surface area contributed by atoms with E-state index in [4.69, 9.17) is 9.47 Å². The molecule has 0 radical (unpaired) electrons. The summed E-state index contributed by atoms with van der Waals surface area (Å²) in [4.78, 5) is 24.7. The summed E-state index contributed by atoms with van der Waals surface area (Å²) in [5.41, 5.74) is 0.882. The van der Waals surface area contributed by atoms with Gasteiger partial charge < -0.3 is 14.8 Å². The lowest BCUT2D eigenvalue weighted by molar-refractivity contribution is -0.128. The molecule has 0 aliphatic heterocycles. The molecule has 156 valence electrons. The Labute approximate surface area is 173 Å². The molecule has 1 amide bonds. The van der Waals surface area contributed by atoms with Gasteiger partial charge in [-0.15, -0.1) is 5.10 Å². The molecule has 0 spiro atoms. The minimum atomic E-state index is -0.790. The number of aromatic nitrogens is 2. The Morgan fingerprint density at radius 3 is 2.63 bits per heavy atom. The Hall–Kier alpha value is -3.68. The number of carbonyl (C=O) groups excluding carboxylic acids is 1. The minimum Gasteiger partial charge on any atom is -0.497 e. The fourth-order valence-electron chi connectivity index (χ4n) is 2.78. The monoisotopic (exact) mass is 411 g/mol. The van der Waals surface area contributed by atoms with Crippen molar-refractivity contribution in [2.45, 2.75) is 26.0 Å². The maximum Gasteiger partial charge on any atom is 0.271 e. The maximum atomic E-state index is 13.1. The highest BCUT2D eigenvalue weighted by Crippen LogP contribution is 2.14. The first-order chi connectivity index (χ1) is 14.5. The van der Waals surface area contributed by atoms with Crippen molar-refractivity contribution < 1.29 is 18.7 Å². The summed E-state index contributed by atoms with van der Waals surface area (Å²) in [6, 6.07) is 15.4. The number of hydrogen-bond donors (Lipinski definition) is 1. The summed E-state index contributed by atoms with van der Waals surface area (Å²) in [6.07, 6.45) is -0.385. The highest BCUT2D eigenvalue weighted by molar-refractivity contribution is 5.81. The van der Waals surface area contributed by atoms with Gasteiger partial charge in [-0.3, -0.25) is 9.59 Å². The van der Waals surface area contributed by atoms with Crippen molar-refractivity contribution in [2.75, 3.05) is 7.11 Å². The zero-order chi connectivity index (χ0) is 21.5. The molecule has 1 heterocycles. The molecule has 0 bridgehead atoms. The van der Waals surface area contributed by atoms with Crippen molar-refractivity contribution in [3.8, 4) is 17.3 Å². The number of hydrogen-bond acceptors (Lipinski definition) is 5. The van der Waals surface area contributed by atoms with Crippen molar-refractivity contribution in [1.29, 1.82) is 0 Å². The van der Waals surface area contributed by atoms with Crippen LogP contribution < -0.4 is 20.3 Å². The van der Waals surface area contributed by atoms with Gasteiger partial charge in [0.05, 0.1) is 12.8 Å². The first-order valence-electron chi connectivity index (χ1n) is 9.43. The molecule has 3 aromatic rings. The Bertz CT molecular complexity index is 1070. The maximum absolute atomic E-state index is 13.1. The van der Waals surface area contributed by atoms with E-state index >= 15 is 0 Å². The van der Waals surface area contributed by atoms with Gasteiger partial charge in [-0.2, -0.15) is 4.68 Å². The molecule has 3 rings (SSSR count). The van der Waals surface area contributed by atoms with Gasteiger partial charge in [0.1, 0.15) is 11.6 Å². The molecule has 0 unspecified atom stereocenters. The molecule has 1 N–H and O–H groups in total. The smallest absolute Gasteiger partial charge is 0.271 e. The first-order valence-corrected chi connectivity index (χ1v) is 9.43. The van der Waals surface area contributed by atoms with E-state index in [2.05, 4.69) is 10.4 Å². The summed E-state index contributed by atoms with van der Waals surface area (Å²) < 4.78 is 25.1. The van der Waals surface area contributed by atoms with Crippen LogP contribution >= 0.6 is 0 Å². The molecular formula is C22H22FN3O4. The van der Waals surface area contributed by atoms with Crippen LogP contribution in [0.25, 0.3) is 5.69 Å². The van der Waals surface area contributed by atoms with Crippen molar-refractivity contribution >= 4 is 5.91 Å². The molecule has 8 heteroatoms. The van der Waals surface area contributed by atoms with Crippen molar-refractivity contribution in [3.63, 3.8) is 0 Å². The topological polar surface area (TPSA) is 82.5 Å². The molecule has 1 aromatic heterocycles. The van der Waals surface area contributed by atoms with Crippen LogP contribution in [-0.4, -0.2) is 28.9 Å². The minimum absolute atomic E-state index is 0.113. The number of carbonyl (C=O) groups is 1. The van der Waals surface area contributed by atoms with Gasteiger partial charge in [0, 0.05) is 18.7 Å². The molecular weight excluding hydrogens is 389 g/mol. The quantitative estimate of drug-likeness (QED) is 0.616. The predicted octanol–water partition coefficient (Wildman–Crippen LogP) is 2.85. The van der Waals surface area contributed by atoms with Crippen molar-refractivity contribution in [1.82, 2.24) is 15.1 Å². The zero-order valence-corrected chi connectivity index (χ0v) is 16.7. The largest absolute Gasteiger partial charge is 0.497 e. The lowest BCUT2D eigenvalue weighted by Crippen LogP contribution is -2.38. The third-order valence-electron chi connectivity index (χ3n) is 4.37. The van der Waals surface area contributed by atoms with Crippen molar-refractivity contribution in [3.05, 3.63) is 82.4 Å². The third-order valence-corrected chi connectivity index (χ3v) is 4.37. The van der Waals surface area contributed by atoms with E-state index in [1.807, 2.05) is 31.2 Å². The van der Waals surface area contributed by atoms with Crippen LogP contribution in [-0.2, 0) is 11.3 Å². The van der Waals surface area contributed by atoms with E-state index < -0.39 is 17.5 Å². The van der Waals surface area contributed by atoms with E-state index in [0.29, 0.717) is 24.4 Å². The molecule has 1 atom stereocenters. The van der Waals surface area contributed by atoms with Gasteiger partial charge in [-0.25, -0.2) is 4.39 Å². The molecule has 0 fully saturated rings. The van der Waals surface area contributed by atoms with Gasteiger partial charge >= 0.3 is 0 Å². The summed E-state index contributed by atoms with van der Waals surface area (Å²) in [6.45, 7) is 2.13. The number of nitrogens with zero attached hydrogens (tertiary/aromatic N) is 2. The lowest BCUT2D eigenvalue weighted by Gasteiger charge is -2.17. The van der Waals surface area contributed by atoms with E-state index in [9.17, 15) is 14.0 Å². The number of benzene rings is 2. The van der Waals surface area contributed by atoms with E-state index in [0.717, 1.165) is 10.2 Å². The van der Waals surface area contributed by atoms with E-state index in [1.165, 1.54) is 36.4 Å². The summed E-state index contributed by atoms with van der Waals surface area (Å²) in [5, 5.41) is 6.97. The SMILES string of the molecule is CC[C@H](Oc1ccc(=O)n(-c2ccc(F)cc2)n1)C(=O)NCc1cccc(OC)c1. The normalized spacial score (nSPS) is 11.6. The molecule has 0 saturated carbocycles. The number of rotatable bonds is 8. The van der Waals surface area contributed by atoms with E-state index in [1.54, 1.807) is 7.11 Å². The zero-order valence-electron chi connectivity index (χ0n) is 16.7. The van der Waals surface area contributed by atoms with Crippen LogP contribution in [0, 0.1) is 5.82 Å². The summed E-state index contributed by atoms with van der Waals surface area (Å²) in [7, 11) is 1.58. The molecule has 2 aromatic carbocycles. The van der Waals surface area contributed by atoms with Crippen LogP contribution in [0.1, 0.15) is 18.9 Å². The fraction of sp³-hybridized carbons (Fsp3) is 0.227. The number of ether oxygens (including phenoxy) is 2. The van der Waals surface area contributed by atoms with Crippen LogP contribution in [0.5, 0.6) is 11.6 Å². The highest BCUT2D eigenvalue weighted by atomic mass is 19.1. The third kappa shape index (κ3) is 5.22. The molecule has 0 aliphatic carbocycles. The Morgan fingerprint density at radius 2 is 1.93 bits per heavy atom. The average Bonchev–Trinajstić information content (AvgIpc) is 2.77. The molecule has 7 nitrogen and oxygen atoms in total. The number of methoxy groups -OCH3 is 1. The average molecular weight is 411 g/mol. The number of amides is 1. The molecule has 0 aliphatic rings. The Morgan fingerprint density at radius 1 is 1.17 bits per heavy atom. The molecule has 0 saturated heterocycles. The fourth-order valence-corrected chi connectivity index (χ4v) is 2.78. The Kier molecular flexibility index (Phi) is 6.79. The number of halogens is 1.